The van der Waals surface area contributed by atoms with Gasteiger partial charge in [-0.05, 0) is 34.7 Å². The lowest BCUT2D eigenvalue weighted by atomic mass is 10.5. The molecule has 0 aliphatic heterocycles. The Morgan fingerprint density at radius 2 is 2.23 bits per heavy atom. The number of nitrogen functional groups attached to an aromatic ring is 1. The Morgan fingerprint density at radius 3 is 3.00 bits per heavy atom. The molecule has 5 nitrogen and oxygen atoms in total. The Bertz CT molecular complexity index is 521. The molecule has 0 amide bonds. The third kappa shape index (κ3) is 1.37. The second-order valence-electron chi connectivity index (χ2n) is 2.41. The van der Waals surface area contributed by atoms with Gasteiger partial charge in [-0.25, -0.2) is 4.79 Å². The van der Waals surface area contributed by atoms with Crippen LogP contribution in [0.2, 0.25) is 0 Å². The first-order valence-corrected chi connectivity index (χ1v) is 4.57. The number of hydrogen-bond donors (Lipinski definition) is 1. The lowest BCUT2D eigenvalue weighted by molar-refractivity contribution is 0.947. The van der Waals surface area contributed by atoms with Gasteiger partial charge in [-0.1, -0.05) is 0 Å². The molecule has 0 radical (unpaired) electrons. The smallest absolute Gasteiger partial charge is 0.356 e. The van der Waals surface area contributed by atoms with Gasteiger partial charge in [-0.2, -0.15) is 9.97 Å². The number of rotatable bonds is 0. The topological polar surface area (TPSA) is 73.3 Å². The summed E-state index contributed by atoms with van der Waals surface area (Å²) in [6.45, 7) is 0. The molecule has 2 aromatic heterocycles. The summed E-state index contributed by atoms with van der Waals surface area (Å²) < 4.78 is 2.23. The van der Waals surface area contributed by atoms with Crippen molar-refractivity contribution < 1.29 is 0 Å². The van der Waals surface area contributed by atoms with Crippen LogP contribution in [0.4, 0.5) is 5.95 Å². The summed E-state index contributed by atoms with van der Waals surface area (Å²) in [6, 6.07) is 3.61. The molecule has 0 saturated carbocycles. The Hall–Kier alpha value is -1.18. The zero-order chi connectivity index (χ0) is 9.42. The van der Waals surface area contributed by atoms with Gasteiger partial charge in [0, 0.05) is 6.20 Å². The second kappa shape index (κ2) is 2.95. The van der Waals surface area contributed by atoms with Crippen LogP contribution in [0.5, 0.6) is 0 Å². The molecule has 2 rings (SSSR count). The van der Waals surface area contributed by atoms with E-state index in [-0.39, 0.29) is 5.95 Å². The monoisotopic (exact) mass is 288 g/mol. The molecule has 2 N–H and O–H groups in total. The lowest BCUT2D eigenvalue weighted by Gasteiger charge is -2.00. The van der Waals surface area contributed by atoms with E-state index in [2.05, 4.69) is 32.6 Å². The van der Waals surface area contributed by atoms with Crippen molar-refractivity contribution in [2.24, 2.45) is 0 Å². The minimum atomic E-state index is -0.402. The van der Waals surface area contributed by atoms with Crippen molar-refractivity contribution >= 4 is 34.2 Å². The SMILES string of the molecule is Nc1nc(=O)n2cccc(I)c2n1. The van der Waals surface area contributed by atoms with Gasteiger partial charge in [0.1, 0.15) is 0 Å². The number of aromatic nitrogens is 3. The molecule has 6 heteroatoms. The first-order valence-electron chi connectivity index (χ1n) is 3.49. The molecule has 2 heterocycles. The van der Waals surface area contributed by atoms with Crippen molar-refractivity contribution in [2.75, 3.05) is 5.73 Å². The zero-order valence-electron chi connectivity index (χ0n) is 6.44. The molecule has 0 aliphatic carbocycles. The fourth-order valence-corrected chi connectivity index (χ4v) is 1.61. The summed E-state index contributed by atoms with van der Waals surface area (Å²) in [7, 11) is 0. The van der Waals surface area contributed by atoms with E-state index >= 15 is 0 Å². The Morgan fingerprint density at radius 1 is 1.46 bits per heavy atom. The Labute approximate surface area is 86.8 Å². The maximum absolute atomic E-state index is 11.3. The number of pyridine rings is 1. The van der Waals surface area contributed by atoms with Gasteiger partial charge < -0.3 is 5.73 Å². The third-order valence-electron chi connectivity index (χ3n) is 1.56. The molecule has 0 saturated heterocycles. The summed E-state index contributed by atoms with van der Waals surface area (Å²) in [6.07, 6.45) is 1.61. The minimum absolute atomic E-state index is 0.00844. The fraction of sp³-hybridized carbons (Fsp3) is 0. The third-order valence-corrected chi connectivity index (χ3v) is 2.40. The van der Waals surface area contributed by atoms with Crippen LogP contribution in [0.1, 0.15) is 0 Å². The highest BCUT2D eigenvalue weighted by molar-refractivity contribution is 14.1. The van der Waals surface area contributed by atoms with Gasteiger partial charge in [0.25, 0.3) is 0 Å². The number of fused-ring (bicyclic) bond motifs is 1. The van der Waals surface area contributed by atoms with Crippen LogP contribution in [0.15, 0.2) is 23.1 Å². The van der Waals surface area contributed by atoms with Gasteiger partial charge in [0.2, 0.25) is 5.95 Å². The van der Waals surface area contributed by atoms with Crippen molar-refractivity contribution in [3.63, 3.8) is 0 Å². The van der Waals surface area contributed by atoms with Crippen LogP contribution in [-0.2, 0) is 0 Å². The normalized spacial score (nSPS) is 10.5. The van der Waals surface area contributed by atoms with Gasteiger partial charge >= 0.3 is 5.69 Å². The fourth-order valence-electron chi connectivity index (χ4n) is 1.02. The van der Waals surface area contributed by atoms with Gasteiger partial charge in [0.05, 0.1) is 3.57 Å². The molecule has 0 aliphatic rings. The summed E-state index contributed by atoms with van der Waals surface area (Å²) in [4.78, 5) is 18.8. The van der Waals surface area contributed by atoms with E-state index in [1.807, 2.05) is 6.07 Å². The average molecular weight is 288 g/mol. The van der Waals surface area contributed by atoms with Crippen LogP contribution in [0.3, 0.4) is 0 Å². The zero-order valence-corrected chi connectivity index (χ0v) is 8.59. The van der Waals surface area contributed by atoms with Crippen LogP contribution in [0, 0.1) is 3.57 Å². The summed E-state index contributed by atoms with van der Waals surface area (Å²) in [5, 5.41) is 0. The van der Waals surface area contributed by atoms with E-state index in [9.17, 15) is 4.79 Å². The van der Waals surface area contributed by atoms with Crippen molar-refractivity contribution in [3.8, 4) is 0 Å². The molecular formula is C7H5IN4O. The molecule has 0 atom stereocenters. The maximum Gasteiger partial charge on any atom is 0.356 e. The van der Waals surface area contributed by atoms with E-state index < -0.39 is 5.69 Å². The number of halogens is 1. The highest BCUT2D eigenvalue weighted by Gasteiger charge is 2.02. The molecule has 0 unspecified atom stereocenters. The van der Waals surface area contributed by atoms with E-state index in [0.29, 0.717) is 5.65 Å². The second-order valence-corrected chi connectivity index (χ2v) is 3.58. The quantitative estimate of drug-likeness (QED) is 0.706. The summed E-state index contributed by atoms with van der Waals surface area (Å²) in [5.41, 5.74) is 5.50. The maximum atomic E-state index is 11.3. The molecular weight excluding hydrogens is 283 g/mol. The van der Waals surface area contributed by atoms with E-state index in [0.717, 1.165) is 3.57 Å². The van der Waals surface area contributed by atoms with E-state index in [1.165, 1.54) is 4.40 Å². The largest absolute Gasteiger partial charge is 0.368 e. The predicted octanol–water partition coefficient (Wildman–Crippen LogP) is 0.276. The highest BCUT2D eigenvalue weighted by atomic mass is 127. The Kier molecular flexibility index (Phi) is 1.91. The van der Waals surface area contributed by atoms with Crippen molar-refractivity contribution in [3.05, 3.63) is 32.4 Å². The standard InChI is InChI=1S/C7H5IN4O/c8-4-2-1-3-12-5(4)10-6(9)11-7(12)13/h1-3H,(H2,9,11,13). The lowest BCUT2D eigenvalue weighted by Crippen LogP contribution is -2.20. The Balaban J connectivity index is 3.03. The predicted molar refractivity (Wildman–Crippen MR) is 56.4 cm³/mol. The van der Waals surface area contributed by atoms with Crippen LogP contribution >= 0.6 is 22.6 Å². The number of hydrogen-bond acceptors (Lipinski definition) is 4. The molecule has 0 bridgehead atoms. The summed E-state index contributed by atoms with van der Waals surface area (Å²) in [5.74, 6) is 0.00844. The molecule has 66 valence electrons. The van der Waals surface area contributed by atoms with Crippen LogP contribution < -0.4 is 11.4 Å². The van der Waals surface area contributed by atoms with Crippen LogP contribution in [0.25, 0.3) is 5.65 Å². The van der Waals surface area contributed by atoms with Gasteiger partial charge in [-0.3, -0.25) is 4.40 Å². The van der Waals surface area contributed by atoms with Gasteiger partial charge in [0.15, 0.2) is 5.65 Å². The number of nitrogens with zero attached hydrogens (tertiary/aromatic N) is 3. The molecule has 0 spiro atoms. The molecule has 0 aromatic carbocycles. The van der Waals surface area contributed by atoms with Crippen molar-refractivity contribution in [1.29, 1.82) is 0 Å². The first kappa shape index (κ1) is 8.42. The number of anilines is 1. The number of nitrogens with two attached hydrogens (primary N) is 1. The van der Waals surface area contributed by atoms with E-state index in [1.54, 1.807) is 12.3 Å². The molecule has 2 aromatic rings. The molecule has 13 heavy (non-hydrogen) atoms. The van der Waals surface area contributed by atoms with Crippen molar-refractivity contribution in [2.45, 2.75) is 0 Å². The van der Waals surface area contributed by atoms with Gasteiger partial charge in [-0.15, -0.1) is 0 Å². The van der Waals surface area contributed by atoms with E-state index in [4.69, 9.17) is 5.73 Å². The highest BCUT2D eigenvalue weighted by Crippen LogP contribution is 2.08. The average Bonchev–Trinajstić information content (AvgIpc) is 2.07. The minimum Gasteiger partial charge on any atom is -0.368 e. The molecule has 0 fully saturated rings. The first-order chi connectivity index (χ1) is 6.18. The van der Waals surface area contributed by atoms with Crippen LogP contribution in [-0.4, -0.2) is 14.4 Å². The summed E-state index contributed by atoms with van der Waals surface area (Å²) >= 11 is 2.09. The van der Waals surface area contributed by atoms with Crippen molar-refractivity contribution in [1.82, 2.24) is 14.4 Å².